The van der Waals surface area contributed by atoms with Gasteiger partial charge in [-0.05, 0) is 48.2 Å². The number of hydrogen-bond donors (Lipinski definition) is 2. The summed E-state index contributed by atoms with van der Waals surface area (Å²) < 4.78 is 1.59. The van der Waals surface area contributed by atoms with Gasteiger partial charge >= 0.3 is 5.97 Å². The fourth-order valence-corrected chi connectivity index (χ4v) is 3.26. The van der Waals surface area contributed by atoms with Gasteiger partial charge in [-0.2, -0.15) is 0 Å². The molecule has 3 rings (SSSR count). The first-order valence-corrected chi connectivity index (χ1v) is 8.54. The van der Waals surface area contributed by atoms with Crippen molar-refractivity contribution in [2.24, 2.45) is 0 Å². The van der Waals surface area contributed by atoms with Crippen LogP contribution < -0.4 is 5.43 Å². The molecule has 6 heteroatoms. The minimum Gasteiger partial charge on any atom is -0.477 e. The Morgan fingerprint density at radius 2 is 2.00 bits per heavy atom. The number of carbonyl (C=O) groups is 1. The number of aromatic carboxylic acids is 1. The molecule has 0 radical (unpaired) electrons. The molecule has 3 aromatic rings. The average Bonchev–Trinajstić information content (AvgIpc) is 2.61. The van der Waals surface area contributed by atoms with Crippen molar-refractivity contribution < 1.29 is 15.0 Å². The summed E-state index contributed by atoms with van der Waals surface area (Å²) in [7, 11) is 0. The first kappa shape index (κ1) is 18.2. The topological polar surface area (TPSA) is 79.5 Å². The zero-order valence-electron chi connectivity index (χ0n) is 14.2. The van der Waals surface area contributed by atoms with E-state index in [1.807, 2.05) is 31.2 Å². The molecule has 0 saturated heterocycles. The number of aromatic nitrogens is 1. The minimum atomic E-state index is -1.28. The third kappa shape index (κ3) is 3.36. The number of halogens is 1. The summed E-state index contributed by atoms with van der Waals surface area (Å²) in [4.78, 5) is 24.0. The number of rotatable bonds is 5. The molecule has 0 fully saturated rings. The molecule has 26 heavy (non-hydrogen) atoms. The Morgan fingerprint density at radius 1 is 1.23 bits per heavy atom. The van der Waals surface area contributed by atoms with Gasteiger partial charge in [-0.3, -0.25) is 4.79 Å². The summed E-state index contributed by atoms with van der Waals surface area (Å²) in [5, 5.41) is 19.5. The normalized spacial score (nSPS) is 11.0. The molecule has 0 aliphatic carbocycles. The Balaban J connectivity index is 2.15. The first-order chi connectivity index (χ1) is 12.4. The number of carboxylic acids is 1. The second-order valence-corrected chi connectivity index (χ2v) is 6.55. The van der Waals surface area contributed by atoms with E-state index in [4.69, 9.17) is 11.6 Å². The predicted molar refractivity (Wildman–Crippen MR) is 101 cm³/mol. The summed E-state index contributed by atoms with van der Waals surface area (Å²) in [6.07, 6.45) is 1.86. The number of nitrogens with zero attached hydrogens (tertiary/aromatic N) is 1. The lowest BCUT2D eigenvalue weighted by molar-refractivity contribution is 0.0694. The number of hydrogen-bond acceptors (Lipinski definition) is 3. The Kier molecular flexibility index (Phi) is 5.11. The van der Waals surface area contributed by atoms with Gasteiger partial charge in [0.1, 0.15) is 5.56 Å². The van der Waals surface area contributed by atoms with Crippen LogP contribution in [0.15, 0.2) is 47.4 Å². The smallest absolute Gasteiger partial charge is 0.341 e. The maximum absolute atomic E-state index is 12.6. The van der Waals surface area contributed by atoms with Crippen LogP contribution in [-0.4, -0.2) is 27.4 Å². The molecule has 2 aromatic carbocycles. The molecule has 0 amide bonds. The van der Waals surface area contributed by atoms with Crippen molar-refractivity contribution in [1.82, 2.24) is 4.57 Å². The molecule has 0 unspecified atom stereocenters. The lowest BCUT2D eigenvalue weighted by Gasteiger charge is -2.13. The molecule has 0 aliphatic heterocycles. The van der Waals surface area contributed by atoms with E-state index in [9.17, 15) is 19.8 Å². The van der Waals surface area contributed by atoms with Crippen molar-refractivity contribution in [3.05, 3.63) is 80.1 Å². The Labute approximate surface area is 155 Å². The van der Waals surface area contributed by atoms with E-state index in [2.05, 4.69) is 0 Å². The van der Waals surface area contributed by atoms with Gasteiger partial charge in [-0.1, -0.05) is 29.8 Å². The highest BCUT2D eigenvalue weighted by Crippen LogP contribution is 2.23. The van der Waals surface area contributed by atoms with Crippen LogP contribution in [0.1, 0.15) is 27.0 Å². The highest BCUT2D eigenvalue weighted by atomic mass is 35.5. The van der Waals surface area contributed by atoms with Gasteiger partial charge in [0.2, 0.25) is 5.43 Å². The maximum Gasteiger partial charge on any atom is 0.341 e. The van der Waals surface area contributed by atoms with Gasteiger partial charge < -0.3 is 14.8 Å². The molecule has 1 heterocycles. The number of aliphatic hydroxyl groups excluding tert-OH is 1. The quantitative estimate of drug-likeness (QED) is 0.721. The summed E-state index contributed by atoms with van der Waals surface area (Å²) in [6.45, 7) is 2.00. The molecule has 0 bridgehead atoms. The van der Waals surface area contributed by atoms with E-state index in [0.29, 0.717) is 22.3 Å². The van der Waals surface area contributed by atoms with Crippen LogP contribution in [0.4, 0.5) is 0 Å². The maximum atomic E-state index is 12.6. The van der Waals surface area contributed by atoms with E-state index >= 15 is 0 Å². The standard InChI is InChI=1S/C20H18ClNO4/c1-12-14(3-2-4-17(12)21)9-13-5-6-18-15(10-13)19(24)16(20(25)26)11-22(18)7-8-23/h2-6,10-11,23H,7-9H2,1H3,(H,25,26). The van der Waals surface area contributed by atoms with Crippen molar-refractivity contribution in [3.63, 3.8) is 0 Å². The van der Waals surface area contributed by atoms with Crippen LogP contribution in [-0.2, 0) is 13.0 Å². The van der Waals surface area contributed by atoms with Crippen molar-refractivity contribution in [2.75, 3.05) is 6.61 Å². The van der Waals surface area contributed by atoms with Gasteiger partial charge in [0.15, 0.2) is 0 Å². The van der Waals surface area contributed by atoms with E-state index in [1.165, 1.54) is 6.20 Å². The minimum absolute atomic E-state index is 0.152. The molecule has 134 valence electrons. The zero-order valence-corrected chi connectivity index (χ0v) is 15.0. The second-order valence-electron chi connectivity index (χ2n) is 6.15. The van der Waals surface area contributed by atoms with E-state index in [-0.39, 0.29) is 18.7 Å². The van der Waals surface area contributed by atoms with Gasteiger partial charge in [0.25, 0.3) is 0 Å². The van der Waals surface area contributed by atoms with Gasteiger partial charge in [-0.15, -0.1) is 0 Å². The van der Waals surface area contributed by atoms with Crippen molar-refractivity contribution in [1.29, 1.82) is 0 Å². The number of pyridine rings is 1. The third-order valence-corrected chi connectivity index (χ3v) is 4.90. The average molecular weight is 372 g/mol. The SMILES string of the molecule is Cc1c(Cl)cccc1Cc1ccc2c(c1)c(=O)c(C(=O)O)cn2CCO. The van der Waals surface area contributed by atoms with Gasteiger partial charge in [0, 0.05) is 23.2 Å². The summed E-state index contributed by atoms with van der Waals surface area (Å²) in [5.41, 5.74) is 2.68. The Hall–Kier alpha value is -2.63. The lowest BCUT2D eigenvalue weighted by atomic mass is 9.99. The van der Waals surface area contributed by atoms with Gasteiger partial charge in [0.05, 0.1) is 12.1 Å². The lowest BCUT2D eigenvalue weighted by Crippen LogP contribution is -2.19. The summed E-state index contributed by atoms with van der Waals surface area (Å²) in [6, 6.07) is 11.1. The Morgan fingerprint density at radius 3 is 2.69 bits per heavy atom. The molecule has 0 saturated carbocycles. The number of aliphatic hydroxyl groups is 1. The van der Waals surface area contributed by atoms with Crippen LogP contribution in [0.3, 0.4) is 0 Å². The van der Waals surface area contributed by atoms with E-state index in [1.54, 1.807) is 16.7 Å². The van der Waals surface area contributed by atoms with Crippen molar-refractivity contribution >= 4 is 28.5 Å². The van der Waals surface area contributed by atoms with Crippen LogP contribution in [0.5, 0.6) is 0 Å². The first-order valence-electron chi connectivity index (χ1n) is 8.16. The molecule has 0 aliphatic rings. The van der Waals surface area contributed by atoms with Crippen LogP contribution >= 0.6 is 11.6 Å². The molecular weight excluding hydrogens is 354 g/mol. The fraction of sp³-hybridized carbons (Fsp3) is 0.200. The molecule has 2 N–H and O–H groups in total. The number of fused-ring (bicyclic) bond motifs is 1. The monoisotopic (exact) mass is 371 g/mol. The summed E-state index contributed by atoms with van der Waals surface area (Å²) >= 11 is 6.17. The van der Waals surface area contributed by atoms with Crippen LogP contribution in [0.2, 0.25) is 5.02 Å². The zero-order chi connectivity index (χ0) is 18.8. The van der Waals surface area contributed by atoms with Crippen molar-refractivity contribution in [3.8, 4) is 0 Å². The highest BCUT2D eigenvalue weighted by Gasteiger charge is 2.15. The van der Waals surface area contributed by atoms with Crippen LogP contribution in [0.25, 0.3) is 10.9 Å². The molecule has 0 atom stereocenters. The largest absolute Gasteiger partial charge is 0.477 e. The Bertz CT molecular complexity index is 1060. The molecule has 1 aromatic heterocycles. The fourth-order valence-electron chi connectivity index (χ4n) is 3.06. The number of benzene rings is 2. The molecular formula is C20H18ClNO4. The molecule has 0 spiro atoms. The number of carboxylic acid groups (broad SMARTS) is 1. The predicted octanol–water partition coefficient (Wildman–Crippen LogP) is 3.24. The van der Waals surface area contributed by atoms with Crippen molar-refractivity contribution in [2.45, 2.75) is 19.9 Å². The second kappa shape index (κ2) is 7.32. The van der Waals surface area contributed by atoms with E-state index < -0.39 is 11.4 Å². The third-order valence-electron chi connectivity index (χ3n) is 4.49. The summed E-state index contributed by atoms with van der Waals surface area (Å²) in [5.74, 6) is -1.28. The van der Waals surface area contributed by atoms with E-state index in [0.717, 1.165) is 16.7 Å². The molecule has 5 nitrogen and oxygen atoms in total. The van der Waals surface area contributed by atoms with Gasteiger partial charge in [-0.25, -0.2) is 4.79 Å². The highest BCUT2D eigenvalue weighted by molar-refractivity contribution is 6.31. The van der Waals surface area contributed by atoms with Crippen LogP contribution in [0, 0.1) is 6.92 Å².